The lowest BCUT2D eigenvalue weighted by atomic mass is 9.82. The van der Waals surface area contributed by atoms with Gasteiger partial charge in [0.1, 0.15) is 0 Å². The van der Waals surface area contributed by atoms with E-state index in [4.69, 9.17) is 0 Å². The van der Waals surface area contributed by atoms with Crippen LogP contribution in [0.2, 0.25) is 0 Å². The Kier molecular flexibility index (Phi) is 6.06. The van der Waals surface area contributed by atoms with Crippen molar-refractivity contribution in [3.63, 3.8) is 0 Å². The third-order valence-corrected chi connectivity index (χ3v) is 4.96. The van der Waals surface area contributed by atoms with Crippen LogP contribution in [0.1, 0.15) is 75.3 Å². The highest BCUT2D eigenvalue weighted by Crippen LogP contribution is 2.35. The van der Waals surface area contributed by atoms with Gasteiger partial charge in [0.15, 0.2) is 0 Å². The van der Waals surface area contributed by atoms with Crippen molar-refractivity contribution in [2.45, 2.75) is 79.6 Å². The molecule has 0 radical (unpaired) electrons. The molecule has 0 atom stereocenters. The van der Waals surface area contributed by atoms with Crippen molar-refractivity contribution >= 4 is 10.8 Å². The highest BCUT2D eigenvalue weighted by Gasteiger charge is 2.18. The Labute approximate surface area is 136 Å². The van der Waals surface area contributed by atoms with Gasteiger partial charge in [0.25, 0.3) is 0 Å². The van der Waals surface area contributed by atoms with Crippen LogP contribution < -0.4 is 0 Å². The summed E-state index contributed by atoms with van der Waals surface area (Å²) in [5.74, 6) is 0. The zero-order valence-corrected chi connectivity index (χ0v) is 15.2. The number of hydrogen-bond donors (Lipinski definition) is 0. The van der Waals surface area contributed by atoms with Gasteiger partial charge in [0.2, 0.25) is 0 Å². The molecule has 0 saturated heterocycles. The largest absolute Gasteiger partial charge is 0.0651 e. The Morgan fingerprint density at radius 1 is 0.636 bits per heavy atom. The summed E-state index contributed by atoms with van der Waals surface area (Å²) >= 11 is 0. The van der Waals surface area contributed by atoms with Gasteiger partial charge in [-0.25, -0.2) is 0 Å². The second-order valence-corrected chi connectivity index (χ2v) is 6.31. The van der Waals surface area contributed by atoms with Crippen molar-refractivity contribution in [3.8, 4) is 0 Å². The minimum absolute atomic E-state index is 1.13. The molecule has 0 aromatic heterocycles. The Bertz CT molecular complexity index is 634. The first-order valence-corrected chi connectivity index (χ1v) is 9.30. The predicted octanol–water partition coefficient (Wildman–Crippen LogP) is 6.43. The first-order valence-electron chi connectivity index (χ1n) is 9.30. The van der Waals surface area contributed by atoms with E-state index in [0.29, 0.717) is 0 Å². The molecule has 2 rings (SSSR count). The molecular weight excluding hydrogens is 264 g/mol. The van der Waals surface area contributed by atoms with Crippen LogP contribution >= 0.6 is 0 Å². The van der Waals surface area contributed by atoms with Crippen molar-refractivity contribution < 1.29 is 0 Å². The first-order chi connectivity index (χ1) is 10.7. The normalized spacial score (nSPS) is 11.3. The van der Waals surface area contributed by atoms with Crippen molar-refractivity contribution in [3.05, 3.63) is 46.0 Å². The van der Waals surface area contributed by atoms with Crippen molar-refractivity contribution in [2.75, 3.05) is 0 Å². The summed E-state index contributed by atoms with van der Waals surface area (Å²) in [5.41, 5.74) is 8.12. The number of fused-ring (bicyclic) bond motifs is 1. The van der Waals surface area contributed by atoms with Crippen LogP contribution in [0.3, 0.4) is 0 Å². The van der Waals surface area contributed by atoms with Gasteiger partial charge in [-0.05, 0) is 70.7 Å². The summed E-state index contributed by atoms with van der Waals surface area (Å²) in [4.78, 5) is 0. The molecule has 0 fully saturated rings. The molecule has 120 valence electrons. The fraction of sp³-hybridized carbons (Fsp3) is 0.545. The second-order valence-electron chi connectivity index (χ2n) is 6.31. The zero-order chi connectivity index (χ0) is 16.1. The lowest BCUT2D eigenvalue weighted by molar-refractivity contribution is 0.845. The molecule has 0 saturated carbocycles. The SMILES string of the molecule is CCCc1c(CC)c(CC)c2c(CC)cccc2c1CCC. The standard InChI is InChI=1S/C22H32/c1-6-12-19-17(9-4)18(10-5)22-16(8-3)14-11-15-21(22)20(19)13-7-2/h11,14-15H,6-10,12-13H2,1-5H3. The van der Waals surface area contributed by atoms with E-state index in [1.54, 1.807) is 33.0 Å². The summed E-state index contributed by atoms with van der Waals surface area (Å²) in [5, 5.41) is 3.12. The molecule has 0 spiro atoms. The van der Waals surface area contributed by atoms with Crippen LogP contribution in [-0.4, -0.2) is 0 Å². The van der Waals surface area contributed by atoms with Crippen LogP contribution in [0, 0.1) is 0 Å². The van der Waals surface area contributed by atoms with E-state index in [2.05, 4.69) is 52.8 Å². The molecule has 0 aliphatic heterocycles. The maximum absolute atomic E-state index is 2.37. The molecule has 0 nitrogen and oxygen atoms in total. The summed E-state index contributed by atoms with van der Waals surface area (Å²) in [6, 6.07) is 6.97. The predicted molar refractivity (Wildman–Crippen MR) is 100 cm³/mol. The third kappa shape index (κ3) is 2.93. The molecular formula is C22H32. The molecule has 0 bridgehead atoms. The molecule has 2 aromatic carbocycles. The van der Waals surface area contributed by atoms with Crippen LogP contribution in [-0.2, 0) is 32.1 Å². The summed E-state index contributed by atoms with van der Waals surface area (Å²) < 4.78 is 0. The lowest BCUT2D eigenvalue weighted by Crippen LogP contribution is -2.07. The minimum Gasteiger partial charge on any atom is -0.0651 e. The fourth-order valence-electron chi connectivity index (χ4n) is 4.08. The summed E-state index contributed by atoms with van der Waals surface area (Å²) in [6.45, 7) is 11.6. The van der Waals surface area contributed by atoms with Crippen LogP contribution in [0.15, 0.2) is 18.2 Å². The monoisotopic (exact) mass is 296 g/mol. The quantitative estimate of drug-likeness (QED) is 0.552. The maximum Gasteiger partial charge on any atom is -0.0114 e. The second kappa shape index (κ2) is 7.81. The van der Waals surface area contributed by atoms with E-state index in [1.165, 1.54) is 37.7 Å². The van der Waals surface area contributed by atoms with Crippen LogP contribution in [0.25, 0.3) is 10.8 Å². The van der Waals surface area contributed by atoms with Gasteiger partial charge in [0, 0.05) is 0 Å². The van der Waals surface area contributed by atoms with Crippen molar-refractivity contribution in [1.29, 1.82) is 0 Å². The van der Waals surface area contributed by atoms with Crippen LogP contribution in [0.4, 0.5) is 0 Å². The summed E-state index contributed by atoms with van der Waals surface area (Å²) in [7, 11) is 0. The molecule has 0 aliphatic carbocycles. The van der Waals surface area contributed by atoms with Gasteiger partial charge in [-0.3, -0.25) is 0 Å². The molecule has 22 heavy (non-hydrogen) atoms. The molecule has 0 heteroatoms. The van der Waals surface area contributed by atoms with E-state index in [0.717, 1.165) is 12.8 Å². The van der Waals surface area contributed by atoms with E-state index in [9.17, 15) is 0 Å². The first kappa shape index (κ1) is 17.1. The Balaban J connectivity index is 2.94. The van der Waals surface area contributed by atoms with Gasteiger partial charge in [-0.15, -0.1) is 0 Å². The topological polar surface area (TPSA) is 0 Å². The highest BCUT2D eigenvalue weighted by molar-refractivity contribution is 5.94. The summed E-state index contributed by atoms with van der Waals surface area (Å²) in [6.07, 6.45) is 8.38. The highest BCUT2D eigenvalue weighted by atomic mass is 14.2. The van der Waals surface area contributed by atoms with Gasteiger partial charge in [0.05, 0.1) is 0 Å². The van der Waals surface area contributed by atoms with Crippen molar-refractivity contribution in [1.82, 2.24) is 0 Å². The van der Waals surface area contributed by atoms with E-state index in [-0.39, 0.29) is 0 Å². The average Bonchev–Trinajstić information content (AvgIpc) is 2.55. The van der Waals surface area contributed by atoms with Crippen molar-refractivity contribution in [2.24, 2.45) is 0 Å². The molecule has 2 aromatic rings. The van der Waals surface area contributed by atoms with Gasteiger partial charge in [-0.2, -0.15) is 0 Å². The maximum atomic E-state index is 2.37. The number of rotatable bonds is 7. The zero-order valence-electron chi connectivity index (χ0n) is 15.2. The number of aryl methyl sites for hydroxylation is 3. The molecule has 0 N–H and O–H groups in total. The molecule has 0 unspecified atom stereocenters. The van der Waals surface area contributed by atoms with Gasteiger partial charge in [-0.1, -0.05) is 65.7 Å². The van der Waals surface area contributed by atoms with Crippen LogP contribution in [0.5, 0.6) is 0 Å². The number of benzene rings is 2. The van der Waals surface area contributed by atoms with E-state index in [1.807, 2.05) is 0 Å². The van der Waals surface area contributed by atoms with E-state index < -0.39 is 0 Å². The Morgan fingerprint density at radius 3 is 1.82 bits per heavy atom. The third-order valence-electron chi connectivity index (χ3n) is 4.96. The average molecular weight is 296 g/mol. The smallest absolute Gasteiger partial charge is 0.0114 e. The minimum atomic E-state index is 1.13. The Morgan fingerprint density at radius 2 is 1.27 bits per heavy atom. The molecule has 0 heterocycles. The molecule has 0 amide bonds. The van der Waals surface area contributed by atoms with E-state index >= 15 is 0 Å². The molecule has 0 aliphatic rings. The Hall–Kier alpha value is -1.30. The lowest BCUT2D eigenvalue weighted by Gasteiger charge is -2.23. The van der Waals surface area contributed by atoms with Gasteiger partial charge < -0.3 is 0 Å². The van der Waals surface area contributed by atoms with Gasteiger partial charge >= 0.3 is 0 Å². The number of hydrogen-bond acceptors (Lipinski definition) is 0. The fourth-order valence-corrected chi connectivity index (χ4v) is 4.08.